The highest BCUT2D eigenvalue weighted by atomic mass is 32.2. The van der Waals surface area contributed by atoms with Crippen LogP contribution in [0.2, 0.25) is 0 Å². The predicted octanol–water partition coefficient (Wildman–Crippen LogP) is -0.617. The van der Waals surface area contributed by atoms with Gasteiger partial charge in [-0.1, -0.05) is 0 Å². The van der Waals surface area contributed by atoms with E-state index in [4.69, 9.17) is 5.73 Å². The fraction of sp³-hybridized carbons (Fsp3) is 0.600. The molecule has 0 amide bonds. The highest BCUT2D eigenvalue weighted by Gasteiger charge is 2.33. The highest BCUT2D eigenvalue weighted by molar-refractivity contribution is 7.89. The molecule has 0 aliphatic carbocycles. The van der Waals surface area contributed by atoms with Crippen LogP contribution in [0.1, 0.15) is 6.42 Å². The first kappa shape index (κ1) is 13.2. The van der Waals surface area contributed by atoms with Crippen molar-refractivity contribution < 1.29 is 8.42 Å². The Kier molecular flexibility index (Phi) is 3.51. The number of likely N-dealkylation sites (N-methyl/N-ethyl adjacent to an activating group) is 1. The molecule has 0 spiro atoms. The molecule has 0 saturated carbocycles. The zero-order chi connectivity index (χ0) is 13.3. The van der Waals surface area contributed by atoms with Crippen LogP contribution in [0.4, 0.5) is 5.95 Å². The molecule has 1 aromatic heterocycles. The van der Waals surface area contributed by atoms with Gasteiger partial charge < -0.3 is 10.6 Å². The molecule has 2 N–H and O–H groups in total. The van der Waals surface area contributed by atoms with Crippen molar-refractivity contribution in [2.75, 3.05) is 32.9 Å². The number of rotatable bonds is 3. The lowest BCUT2D eigenvalue weighted by Crippen LogP contribution is -2.34. The minimum absolute atomic E-state index is 0.0709. The minimum Gasteiger partial charge on any atom is -0.368 e. The third-order valence-electron chi connectivity index (χ3n) is 3.14. The van der Waals surface area contributed by atoms with E-state index in [-0.39, 0.29) is 16.9 Å². The van der Waals surface area contributed by atoms with E-state index >= 15 is 0 Å². The quantitative estimate of drug-likeness (QED) is 0.788. The third kappa shape index (κ3) is 2.45. The second-order valence-electron chi connectivity index (χ2n) is 4.55. The van der Waals surface area contributed by atoms with E-state index in [0.717, 1.165) is 6.42 Å². The minimum atomic E-state index is -3.50. The second kappa shape index (κ2) is 4.79. The molecule has 1 aliphatic heterocycles. The molecular weight excluding hydrogens is 254 g/mol. The molecule has 7 nitrogen and oxygen atoms in total. The first-order valence-electron chi connectivity index (χ1n) is 5.65. The van der Waals surface area contributed by atoms with Crippen molar-refractivity contribution in [1.29, 1.82) is 0 Å². The topological polar surface area (TPSA) is 92.4 Å². The van der Waals surface area contributed by atoms with Crippen molar-refractivity contribution in [3.63, 3.8) is 0 Å². The van der Waals surface area contributed by atoms with E-state index in [1.54, 1.807) is 0 Å². The zero-order valence-corrected chi connectivity index (χ0v) is 11.3. The molecule has 0 bridgehead atoms. The maximum Gasteiger partial charge on any atom is 0.246 e. The summed E-state index contributed by atoms with van der Waals surface area (Å²) in [5, 5.41) is 0. The third-order valence-corrected chi connectivity index (χ3v) is 4.96. The van der Waals surface area contributed by atoms with Gasteiger partial charge in [0.05, 0.1) is 12.4 Å². The Balaban J connectivity index is 2.20. The van der Waals surface area contributed by atoms with E-state index < -0.39 is 10.0 Å². The van der Waals surface area contributed by atoms with Gasteiger partial charge >= 0.3 is 0 Å². The highest BCUT2D eigenvalue weighted by Crippen LogP contribution is 2.21. The van der Waals surface area contributed by atoms with E-state index in [9.17, 15) is 8.42 Å². The fourth-order valence-corrected chi connectivity index (χ4v) is 3.34. The molecule has 0 radical (unpaired) electrons. The lowest BCUT2D eigenvalue weighted by Gasteiger charge is -2.20. The maximum absolute atomic E-state index is 12.3. The van der Waals surface area contributed by atoms with E-state index in [1.807, 2.05) is 19.0 Å². The van der Waals surface area contributed by atoms with Crippen LogP contribution in [-0.2, 0) is 10.0 Å². The van der Waals surface area contributed by atoms with Crippen molar-refractivity contribution in [2.24, 2.45) is 0 Å². The van der Waals surface area contributed by atoms with Gasteiger partial charge in [-0.05, 0) is 20.5 Å². The summed E-state index contributed by atoms with van der Waals surface area (Å²) < 4.78 is 26.1. The summed E-state index contributed by atoms with van der Waals surface area (Å²) in [5.41, 5.74) is 5.35. The summed E-state index contributed by atoms with van der Waals surface area (Å²) in [4.78, 5) is 9.57. The number of hydrogen-bond donors (Lipinski definition) is 1. The Hall–Kier alpha value is -1.25. The lowest BCUT2D eigenvalue weighted by molar-refractivity contribution is 0.302. The summed E-state index contributed by atoms with van der Waals surface area (Å²) in [6.07, 6.45) is 3.34. The number of nitrogens with zero attached hydrogens (tertiary/aromatic N) is 4. The number of nitrogens with two attached hydrogens (primary N) is 1. The molecule has 1 aliphatic rings. The molecule has 1 atom stereocenters. The smallest absolute Gasteiger partial charge is 0.246 e. The monoisotopic (exact) mass is 271 g/mol. The van der Waals surface area contributed by atoms with Gasteiger partial charge in [0.25, 0.3) is 0 Å². The van der Waals surface area contributed by atoms with Crippen molar-refractivity contribution >= 4 is 16.0 Å². The van der Waals surface area contributed by atoms with Crippen LogP contribution in [0.3, 0.4) is 0 Å². The van der Waals surface area contributed by atoms with Gasteiger partial charge in [0.1, 0.15) is 4.90 Å². The number of sulfonamides is 1. The summed E-state index contributed by atoms with van der Waals surface area (Å²) in [7, 11) is 0.407. The maximum atomic E-state index is 12.3. The Morgan fingerprint density at radius 1 is 1.39 bits per heavy atom. The summed E-state index contributed by atoms with van der Waals surface area (Å²) in [5.74, 6) is 0.0709. The van der Waals surface area contributed by atoms with Crippen LogP contribution in [0.25, 0.3) is 0 Å². The first-order chi connectivity index (χ1) is 8.41. The van der Waals surface area contributed by atoms with E-state index in [2.05, 4.69) is 9.97 Å². The van der Waals surface area contributed by atoms with Gasteiger partial charge in [-0.25, -0.2) is 18.4 Å². The predicted molar refractivity (Wildman–Crippen MR) is 67.3 cm³/mol. The van der Waals surface area contributed by atoms with Crippen LogP contribution in [0, 0.1) is 0 Å². The Bertz CT molecular complexity index is 514. The molecule has 8 heteroatoms. The van der Waals surface area contributed by atoms with Gasteiger partial charge in [0.2, 0.25) is 16.0 Å². The van der Waals surface area contributed by atoms with Crippen LogP contribution < -0.4 is 5.73 Å². The average molecular weight is 271 g/mol. The molecule has 18 heavy (non-hydrogen) atoms. The standard InChI is InChI=1S/C10H17N5O2S/c1-14(2)8-3-4-15(7-8)18(16,17)9-5-12-10(11)13-6-9/h5-6,8H,3-4,7H2,1-2H3,(H2,11,12,13). The van der Waals surface area contributed by atoms with Crippen LogP contribution in [-0.4, -0.2) is 60.8 Å². The molecule has 100 valence electrons. The normalized spacial score (nSPS) is 21.6. The molecule has 1 unspecified atom stereocenters. The van der Waals surface area contributed by atoms with Crippen LogP contribution in [0.5, 0.6) is 0 Å². The summed E-state index contributed by atoms with van der Waals surface area (Å²) in [6, 6.07) is 0.259. The summed E-state index contributed by atoms with van der Waals surface area (Å²) in [6.45, 7) is 1.02. The Morgan fingerprint density at radius 3 is 2.50 bits per heavy atom. The molecular formula is C10H17N5O2S. The van der Waals surface area contributed by atoms with Gasteiger partial charge in [0, 0.05) is 19.1 Å². The number of anilines is 1. The van der Waals surface area contributed by atoms with Crippen molar-refractivity contribution in [1.82, 2.24) is 19.2 Å². The molecule has 1 saturated heterocycles. The average Bonchev–Trinajstić information content (AvgIpc) is 2.79. The molecule has 1 aromatic rings. The van der Waals surface area contributed by atoms with Crippen molar-refractivity contribution in [3.8, 4) is 0 Å². The van der Waals surface area contributed by atoms with Crippen molar-refractivity contribution in [2.45, 2.75) is 17.4 Å². The number of nitrogen functional groups attached to an aromatic ring is 1. The molecule has 0 aromatic carbocycles. The molecule has 1 fully saturated rings. The molecule has 2 heterocycles. The fourth-order valence-electron chi connectivity index (χ4n) is 1.96. The van der Waals surface area contributed by atoms with E-state index in [0.29, 0.717) is 13.1 Å². The van der Waals surface area contributed by atoms with Gasteiger partial charge in [-0.3, -0.25) is 0 Å². The van der Waals surface area contributed by atoms with Crippen LogP contribution >= 0.6 is 0 Å². The Morgan fingerprint density at radius 2 is 2.00 bits per heavy atom. The molecule has 2 rings (SSSR count). The van der Waals surface area contributed by atoms with Gasteiger partial charge in [-0.15, -0.1) is 0 Å². The summed E-state index contributed by atoms with van der Waals surface area (Å²) >= 11 is 0. The zero-order valence-electron chi connectivity index (χ0n) is 10.4. The Labute approximate surface area is 107 Å². The van der Waals surface area contributed by atoms with Crippen LogP contribution in [0.15, 0.2) is 17.3 Å². The SMILES string of the molecule is CN(C)C1CCN(S(=O)(=O)c2cnc(N)nc2)C1. The van der Waals surface area contributed by atoms with Gasteiger partial charge in [-0.2, -0.15) is 4.31 Å². The number of aromatic nitrogens is 2. The first-order valence-corrected chi connectivity index (χ1v) is 7.09. The van der Waals surface area contributed by atoms with Gasteiger partial charge in [0.15, 0.2) is 0 Å². The number of hydrogen-bond acceptors (Lipinski definition) is 6. The largest absolute Gasteiger partial charge is 0.368 e. The van der Waals surface area contributed by atoms with Crippen molar-refractivity contribution in [3.05, 3.63) is 12.4 Å². The lowest BCUT2D eigenvalue weighted by atomic mass is 10.2. The second-order valence-corrected chi connectivity index (χ2v) is 6.48. The van der Waals surface area contributed by atoms with E-state index in [1.165, 1.54) is 16.7 Å².